The highest BCUT2D eigenvalue weighted by molar-refractivity contribution is 14.1. The van der Waals surface area contributed by atoms with Crippen molar-refractivity contribution >= 4 is 56.3 Å². The fraction of sp³-hybridized carbons (Fsp3) is 0.129. The van der Waals surface area contributed by atoms with Gasteiger partial charge >= 0.3 is 0 Å². The molecule has 4 aromatic carbocycles. The van der Waals surface area contributed by atoms with Gasteiger partial charge < -0.3 is 14.8 Å². The van der Waals surface area contributed by atoms with Gasteiger partial charge in [0, 0.05) is 9.26 Å². The van der Waals surface area contributed by atoms with Gasteiger partial charge in [0.25, 0.3) is 11.8 Å². The summed E-state index contributed by atoms with van der Waals surface area (Å²) < 4.78 is 40.5. The van der Waals surface area contributed by atoms with Crippen LogP contribution in [0.1, 0.15) is 11.1 Å². The first-order chi connectivity index (χ1) is 20.7. The normalized spacial score (nSPS) is 12.0. The van der Waals surface area contributed by atoms with E-state index < -0.39 is 22.0 Å². The molecule has 3 N–H and O–H groups in total. The van der Waals surface area contributed by atoms with E-state index in [2.05, 4.69) is 43.2 Å². The van der Waals surface area contributed by atoms with Crippen molar-refractivity contribution in [2.75, 3.05) is 19.0 Å². The Morgan fingerprint density at radius 1 is 0.907 bits per heavy atom. The molecule has 0 spiro atoms. The van der Waals surface area contributed by atoms with Gasteiger partial charge in [0.2, 0.25) is 10.0 Å². The minimum atomic E-state index is -3.99. The van der Waals surface area contributed by atoms with Crippen LogP contribution in [0.2, 0.25) is 0 Å². The van der Waals surface area contributed by atoms with Crippen LogP contribution in [0, 0.1) is 3.57 Å². The summed E-state index contributed by atoms with van der Waals surface area (Å²) in [4.78, 5) is 25.4. The number of nitrogens with one attached hydrogen (secondary N) is 3. The molecule has 222 valence electrons. The summed E-state index contributed by atoms with van der Waals surface area (Å²) in [6.45, 7) is -0.227. The zero-order valence-corrected chi connectivity index (χ0v) is 26.0. The number of sulfonamides is 1. The second kappa shape index (κ2) is 15.3. The number of methoxy groups -OCH3 is 1. The van der Waals surface area contributed by atoms with Crippen molar-refractivity contribution in [2.24, 2.45) is 5.10 Å². The highest BCUT2D eigenvalue weighted by atomic mass is 127. The molecule has 4 aromatic rings. The minimum absolute atomic E-state index is 0.0502. The third-order valence-corrected chi connectivity index (χ3v) is 8.22. The summed E-state index contributed by atoms with van der Waals surface area (Å²) in [5.74, 6) is -0.260. The molecule has 43 heavy (non-hydrogen) atoms. The van der Waals surface area contributed by atoms with Gasteiger partial charge in [-0.05, 0) is 94.7 Å². The van der Waals surface area contributed by atoms with Crippen molar-refractivity contribution in [3.05, 3.63) is 118 Å². The fourth-order valence-corrected chi connectivity index (χ4v) is 5.46. The Morgan fingerprint density at radius 3 is 2.26 bits per heavy atom. The molecule has 0 aliphatic rings. The van der Waals surface area contributed by atoms with E-state index in [9.17, 15) is 18.0 Å². The lowest BCUT2D eigenvalue weighted by molar-refractivity contribution is -0.122. The Kier molecular flexibility index (Phi) is 11.2. The van der Waals surface area contributed by atoms with E-state index in [0.29, 0.717) is 22.7 Å². The minimum Gasteiger partial charge on any atom is -0.493 e. The van der Waals surface area contributed by atoms with Crippen molar-refractivity contribution < 1.29 is 27.5 Å². The zero-order chi connectivity index (χ0) is 30.7. The molecule has 0 bridgehead atoms. The van der Waals surface area contributed by atoms with Gasteiger partial charge in [-0.15, -0.1) is 0 Å². The Hall–Kier alpha value is -4.27. The summed E-state index contributed by atoms with van der Waals surface area (Å²) in [6, 6.07) is 28.2. The molecular formula is C31H29IN4O6S. The number of halogens is 1. The van der Waals surface area contributed by atoms with E-state index in [4.69, 9.17) is 9.47 Å². The Labute approximate surface area is 263 Å². The molecule has 0 heterocycles. The third kappa shape index (κ3) is 9.63. The van der Waals surface area contributed by atoms with Crippen molar-refractivity contribution in [1.29, 1.82) is 0 Å². The molecule has 0 unspecified atom stereocenters. The number of ether oxygens (including phenoxy) is 2. The predicted molar refractivity (Wildman–Crippen MR) is 173 cm³/mol. The number of amides is 2. The van der Waals surface area contributed by atoms with Crippen LogP contribution in [-0.2, 0) is 26.0 Å². The number of carbonyl (C=O) groups is 2. The van der Waals surface area contributed by atoms with Gasteiger partial charge in [-0.3, -0.25) is 9.59 Å². The maximum atomic E-state index is 13.1. The van der Waals surface area contributed by atoms with E-state index in [1.54, 1.807) is 42.5 Å². The molecule has 0 saturated carbocycles. The standard InChI is InChI=1S/C31H29IN4O6S/c1-41-29-19-23(12-17-28(29)42-21-30(37)34-25-10-6-3-7-11-25)20-33-35-31(38)27(18-22-8-4-2-5-9-22)36-43(39,40)26-15-13-24(32)14-16-26/h2-17,19-20,27,36H,18,21H2,1H3,(H,34,37)(H,35,38)/b33-20-/t27-/m0/s1. The van der Waals surface area contributed by atoms with E-state index >= 15 is 0 Å². The number of hydrogen-bond donors (Lipinski definition) is 3. The van der Waals surface area contributed by atoms with Gasteiger partial charge in [-0.25, -0.2) is 13.8 Å². The number of carbonyl (C=O) groups excluding carboxylic acids is 2. The van der Waals surface area contributed by atoms with E-state index in [1.807, 2.05) is 48.5 Å². The molecule has 0 aliphatic carbocycles. The number of para-hydroxylation sites is 1. The van der Waals surface area contributed by atoms with Gasteiger partial charge in [-0.2, -0.15) is 9.82 Å². The number of benzene rings is 4. The summed E-state index contributed by atoms with van der Waals surface area (Å²) in [5, 5.41) is 6.76. The van der Waals surface area contributed by atoms with Gasteiger partial charge in [-0.1, -0.05) is 48.5 Å². The first-order valence-electron chi connectivity index (χ1n) is 13.0. The van der Waals surface area contributed by atoms with E-state index in [0.717, 1.165) is 9.13 Å². The maximum absolute atomic E-state index is 13.1. The van der Waals surface area contributed by atoms with E-state index in [-0.39, 0.29) is 23.8 Å². The lowest BCUT2D eigenvalue weighted by Gasteiger charge is -2.17. The number of hydrazone groups is 1. The number of nitrogens with zero attached hydrogens (tertiary/aromatic N) is 1. The van der Waals surface area contributed by atoms with Crippen LogP contribution >= 0.6 is 22.6 Å². The average Bonchev–Trinajstić information content (AvgIpc) is 3.01. The molecule has 0 aromatic heterocycles. The second-order valence-electron chi connectivity index (χ2n) is 9.16. The van der Waals surface area contributed by atoms with Gasteiger partial charge in [0.05, 0.1) is 18.2 Å². The molecule has 10 nitrogen and oxygen atoms in total. The Morgan fingerprint density at radius 2 is 1.58 bits per heavy atom. The smallest absolute Gasteiger partial charge is 0.262 e. The first kappa shape index (κ1) is 31.7. The predicted octanol–water partition coefficient (Wildman–Crippen LogP) is 4.36. The van der Waals surface area contributed by atoms with Crippen molar-refractivity contribution in [1.82, 2.24) is 10.1 Å². The first-order valence-corrected chi connectivity index (χ1v) is 15.6. The van der Waals surface area contributed by atoms with Crippen molar-refractivity contribution in [3.63, 3.8) is 0 Å². The number of rotatable bonds is 13. The van der Waals surface area contributed by atoms with Crippen molar-refractivity contribution in [2.45, 2.75) is 17.4 Å². The van der Waals surface area contributed by atoms with Crippen LogP contribution < -0.4 is 24.9 Å². The van der Waals surface area contributed by atoms with Crippen LogP contribution in [0.3, 0.4) is 0 Å². The molecular weight excluding hydrogens is 683 g/mol. The molecule has 2 amide bonds. The van der Waals surface area contributed by atoms with Crippen molar-refractivity contribution in [3.8, 4) is 11.5 Å². The van der Waals surface area contributed by atoms with E-state index in [1.165, 1.54) is 25.5 Å². The highest BCUT2D eigenvalue weighted by Gasteiger charge is 2.26. The Balaban J connectivity index is 1.41. The topological polar surface area (TPSA) is 135 Å². The SMILES string of the molecule is COc1cc(/C=N\NC(=O)[C@H](Cc2ccccc2)NS(=O)(=O)c2ccc(I)cc2)ccc1OCC(=O)Nc1ccccc1. The molecule has 12 heteroatoms. The second-order valence-corrected chi connectivity index (χ2v) is 12.1. The molecule has 1 atom stereocenters. The average molecular weight is 713 g/mol. The lowest BCUT2D eigenvalue weighted by atomic mass is 10.1. The maximum Gasteiger partial charge on any atom is 0.262 e. The summed E-state index contributed by atoms with van der Waals surface area (Å²) >= 11 is 2.09. The monoisotopic (exact) mass is 712 g/mol. The molecule has 0 aliphatic heterocycles. The molecule has 0 fully saturated rings. The van der Waals surface area contributed by atoms with Crippen LogP contribution in [0.15, 0.2) is 113 Å². The molecule has 0 radical (unpaired) electrons. The quantitative estimate of drug-likeness (QED) is 0.107. The molecule has 4 rings (SSSR count). The highest BCUT2D eigenvalue weighted by Crippen LogP contribution is 2.27. The summed E-state index contributed by atoms with van der Waals surface area (Å²) in [7, 11) is -2.53. The van der Waals surface area contributed by atoms with Crippen LogP contribution in [0.4, 0.5) is 5.69 Å². The zero-order valence-electron chi connectivity index (χ0n) is 23.1. The molecule has 0 saturated heterocycles. The summed E-state index contributed by atoms with van der Waals surface area (Å²) in [6.07, 6.45) is 1.50. The number of hydrogen-bond acceptors (Lipinski definition) is 7. The number of anilines is 1. The van der Waals surface area contributed by atoms with Gasteiger partial charge in [0.15, 0.2) is 18.1 Å². The van der Waals surface area contributed by atoms with Gasteiger partial charge in [0.1, 0.15) is 6.04 Å². The summed E-state index contributed by atoms with van der Waals surface area (Å²) in [5.41, 5.74) is 4.42. The third-order valence-electron chi connectivity index (χ3n) is 6.01. The van der Waals surface area contributed by atoms with Crippen LogP contribution in [0.25, 0.3) is 0 Å². The lowest BCUT2D eigenvalue weighted by Crippen LogP contribution is -2.46. The van der Waals surface area contributed by atoms with Crippen LogP contribution in [0.5, 0.6) is 11.5 Å². The Bertz CT molecular complexity index is 1670. The largest absolute Gasteiger partial charge is 0.493 e. The van der Waals surface area contributed by atoms with Crippen LogP contribution in [-0.4, -0.2) is 46.2 Å². The fourth-order valence-electron chi connectivity index (χ4n) is 3.90.